The number of carbonyl (C=O) groups excluding carboxylic acids is 1. The van der Waals surface area contributed by atoms with Gasteiger partial charge >= 0.3 is 0 Å². The lowest BCUT2D eigenvalue weighted by Crippen LogP contribution is -2.06. The van der Waals surface area contributed by atoms with E-state index in [0.29, 0.717) is 28.1 Å². The van der Waals surface area contributed by atoms with Crippen molar-refractivity contribution in [2.45, 2.75) is 20.0 Å². The van der Waals surface area contributed by atoms with E-state index < -0.39 is 0 Å². The number of hydrogen-bond acceptors (Lipinski definition) is 3. The van der Waals surface area contributed by atoms with Crippen molar-refractivity contribution < 1.29 is 14.3 Å². The molecule has 0 radical (unpaired) electrons. The molecule has 0 saturated carbocycles. The summed E-state index contributed by atoms with van der Waals surface area (Å²) in [6.45, 7) is 4.38. The second kappa shape index (κ2) is 7.27. The van der Waals surface area contributed by atoms with Gasteiger partial charge in [-0.1, -0.05) is 30.3 Å². The first-order valence-electron chi connectivity index (χ1n) is 6.78. The van der Waals surface area contributed by atoms with Crippen molar-refractivity contribution in [1.82, 2.24) is 0 Å². The van der Waals surface area contributed by atoms with Crippen molar-refractivity contribution >= 4 is 22.2 Å². The van der Waals surface area contributed by atoms with Crippen molar-refractivity contribution in [3.63, 3.8) is 0 Å². The first kappa shape index (κ1) is 15.6. The lowest BCUT2D eigenvalue weighted by Gasteiger charge is -2.19. The van der Waals surface area contributed by atoms with Crippen LogP contribution in [0.25, 0.3) is 0 Å². The van der Waals surface area contributed by atoms with Crippen LogP contribution in [0.3, 0.4) is 0 Å². The second-order valence-electron chi connectivity index (χ2n) is 4.55. The number of carbonyl (C=O) groups is 1. The Labute approximate surface area is 133 Å². The van der Waals surface area contributed by atoms with Gasteiger partial charge < -0.3 is 9.47 Å². The third kappa shape index (κ3) is 3.85. The predicted octanol–water partition coefficient (Wildman–Crippen LogP) is 4.80. The van der Waals surface area contributed by atoms with Gasteiger partial charge in [0, 0.05) is 5.56 Å². The van der Waals surface area contributed by atoms with Crippen LogP contribution in [0.5, 0.6) is 11.5 Å². The van der Waals surface area contributed by atoms with E-state index in [-0.39, 0.29) is 6.10 Å². The highest BCUT2D eigenvalue weighted by Gasteiger charge is 2.16. The highest BCUT2D eigenvalue weighted by atomic mass is 79.9. The second-order valence-corrected chi connectivity index (χ2v) is 5.41. The summed E-state index contributed by atoms with van der Waals surface area (Å²) in [5.74, 6) is 1.18. The Morgan fingerprint density at radius 2 is 1.95 bits per heavy atom. The molecule has 0 aliphatic rings. The van der Waals surface area contributed by atoms with E-state index in [9.17, 15) is 4.79 Å². The van der Waals surface area contributed by atoms with Crippen LogP contribution in [0.4, 0.5) is 0 Å². The van der Waals surface area contributed by atoms with Gasteiger partial charge in [0.05, 0.1) is 11.1 Å². The van der Waals surface area contributed by atoms with Crippen LogP contribution < -0.4 is 9.47 Å². The molecule has 0 spiro atoms. The maximum atomic E-state index is 11.0. The van der Waals surface area contributed by atoms with Crippen LogP contribution in [0.15, 0.2) is 46.9 Å². The van der Waals surface area contributed by atoms with Crippen molar-refractivity contribution in [3.8, 4) is 11.5 Å². The minimum atomic E-state index is -0.121. The summed E-state index contributed by atoms with van der Waals surface area (Å²) in [6, 6.07) is 13.4. The van der Waals surface area contributed by atoms with Gasteiger partial charge in [-0.05, 0) is 47.5 Å². The fraction of sp³-hybridized carbons (Fsp3) is 0.235. The lowest BCUT2D eigenvalue weighted by atomic mass is 10.1. The topological polar surface area (TPSA) is 35.5 Å². The zero-order chi connectivity index (χ0) is 15.2. The summed E-state index contributed by atoms with van der Waals surface area (Å²) < 4.78 is 12.3. The molecule has 2 rings (SSSR count). The van der Waals surface area contributed by atoms with Crippen LogP contribution in [0.2, 0.25) is 0 Å². The molecule has 21 heavy (non-hydrogen) atoms. The number of benzene rings is 2. The molecule has 0 N–H and O–H groups in total. The summed E-state index contributed by atoms with van der Waals surface area (Å²) in [5.41, 5.74) is 1.62. The molecule has 110 valence electrons. The third-order valence-electron chi connectivity index (χ3n) is 3.03. The number of ether oxygens (including phenoxy) is 2. The van der Waals surface area contributed by atoms with Gasteiger partial charge in [0.25, 0.3) is 0 Å². The highest BCUT2D eigenvalue weighted by Crippen LogP contribution is 2.39. The number of hydrogen-bond donors (Lipinski definition) is 0. The van der Waals surface area contributed by atoms with E-state index in [4.69, 9.17) is 9.47 Å². The molecule has 3 nitrogen and oxygen atoms in total. The monoisotopic (exact) mass is 348 g/mol. The molecule has 1 unspecified atom stereocenters. The van der Waals surface area contributed by atoms with Gasteiger partial charge in [0.15, 0.2) is 11.5 Å². The van der Waals surface area contributed by atoms with Crippen molar-refractivity contribution in [2.75, 3.05) is 6.61 Å². The van der Waals surface area contributed by atoms with Crippen molar-refractivity contribution in [3.05, 3.63) is 58.1 Å². The molecule has 2 aromatic rings. The van der Waals surface area contributed by atoms with Gasteiger partial charge in [-0.2, -0.15) is 0 Å². The van der Waals surface area contributed by atoms with Crippen LogP contribution in [0.1, 0.15) is 35.9 Å². The van der Waals surface area contributed by atoms with Crippen molar-refractivity contribution in [1.29, 1.82) is 0 Å². The maximum absolute atomic E-state index is 11.0. The van der Waals surface area contributed by atoms with Crippen LogP contribution >= 0.6 is 15.9 Å². The molecule has 0 aliphatic carbocycles. The van der Waals surface area contributed by atoms with Crippen LogP contribution in [-0.2, 0) is 0 Å². The van der Waals surface area contributed by atoms with Crippen LogP contribution in [-0.4, -0.2) is 12.9 Å². The van der Waals surface area contributed by atoms with E-state index in [1.807, 2.05) is 44.2 Å². The van der Waals surface area contributed by atoms with Crippen molar-refractivity contribution in [2.24, 2.45) is 0 Å². The smallest absolute Gasteiger partial charge is 0.176 e. The zero-order valence-corrected chi connectivity index (χ0v) is 13.6. The maximum Gasteiger partial charge on any atom is 0.176 e. The molecule has 0 amide bonds. The molecule has 0 saturated heterocycles. The minimum Gasteiger partial charge on any atom is -0.490 e. The number of aldehydes is 1. The van der Waals surface area contributed by atoms with E-state index in [2.05, 4.69) is 15.9 Å². The average Bonchev–Trinajstić information content (AvgIpc) is 2.51. The predicted molar refractivity (Wildman–Crippen MR) is 86.2 cm³/mol. The molecular weight excluding hydrogens is 332 g/mol. The Morgan fingerprint density at radius 3 is 2.57 bits per heavy atom. The largest absolute Gasteiger partial charge is 0.490 e. The molecule has 0 bridgehead atoms. The molecule has 2 aromatic carbocycles. The van der Waals surface area contributed by atoms with Gasteiger partial charge in [0.2, 0.25) is 0 Å². The summed E-state index contributed by atoms with van der Waals surface area (Å²) in [7, 11) is 0. The van der Waals surface area contributed by atoms with Gasteiger partial charge in [-0.15, -0.1) is 0 Å². The molecule has 1 atom stereocenters. The van der Waals surface area contributed by atoms with Gasteiger partial charge in [-0.3, -0.25) is 4.79 Å². The minimum absolute atomic E-state index is 0.121. The molecular formula is C17H17BrO3. The van der Waals surface area contributed by atoms with Crippen LogP contribution in [0, 0.1) is 0 Å². The molecule has 0 fully saturated rings. The Kier molecular flexibility index (Phi) is 5.39. The zero-order valence-electron chi connectivity index (χ0n) is 12.0. The standard InChI is InChI=1S/C17H17BrO3/c1-3-20-16-10-13(11-19)9-15(18)17(16)21-12(2)14-7-5-4-6-8-14/h4-12H,3H2,1-2H3. The summed E-state index contributed by atoms with van der Waals surface area (Å²) in [4.78, 5) is 11.0. The highest BCUT2D eigenvalue weighted by molar-refractivity contribution is 9.10. The average molecular weight is 349 g/mol. The third-order valence-corrected chi connectivity index (χ3v) is 3.62. The molecule has 0 aromatic heterocycles. The molecule has 0 heterocycles. The van der Waals surface area contributed by atoms with E-state index in [1.54, 1.807) is 12.1 Å². The lowest BCUT2D eigenvalue weighted by molar-refractivity contribution is 0.112. The number of halogens is 1. The summed E-state index contributed by atoms with van der Waals surface area (Å²) >= 11 is 3.45. The Bertz CT molecular complexity index is 611. The molecule has 4 heteroatoms. The fourth-order valence-electron chi connectivity index (χ4n) is 2.00. The van der Waals surface area contributed by atoms with Gasteiger partial charge in [0.1, 0.15) is 12.4 Å². The number of rotatable bonds is 6. The van der Waals surface area contributed by atoms with E-state index >= 15 is 0 Å². The SMILES string of the molecule is CCOc1cc(C=O)cc(Br)c1OC(C)c1ccccc1. The quantitative estimate of drug-likeness (QED) is 0.703. The summed E-state index contributed by atoms with van der Waals surface area (Å²) in [6.07, 6.45) is 0.668. The first-order chi connectivity index (χ1) is 10.2. The molecule has 0 aliphatic heterocycles. The normalized spacial score (nSPS) is 11.8. The van der Waals surface area contributed by atoms with E-state index in [1.165, 1.54) is 0 Å². The first-order valence-corrected chi connectivity index (χ1v) is 7.58. The Morgan fingerprint density at radius 1 is 1.24 bits per heavy atom. The summed E-state index contributed by atoms with van der Waals surface area (Å²) in [5, 5.41) is 0. The van der Waals surface area contributed by atoms with E-state index in [0.717, 1.165) is 11.8 Å². The fourth-order valence-corrected chi connectivity index (χ4v) is 2.56. The Balaban J connectivity index is 2.32. The Hall–Kier alpha value is -1.81. The van der Waals surface area contributed by atoms with Gasteiger partial charge in [-0.25, -0.2) is 0 Å².